The number of carbonyl (C=O) groups is 3. The second-order valence-corrected chi connectivity index (χ2v) is 8.88. The summed E-state index contributed by atoms with van der Waals surface area (Å²) in [4.78, 5) is 44.1. The van der Waals surface area contributed by atoms with Gasteiger partial charge < -0.3 is 25.5 Å². The van der Waals surface area contributed by atoms with Crippen molar-refractivity contribution < 1.29 is 24.0 Å². The van der Waals surface area contributed by atoms with Crippen molar-refractivity contribution in [2.75, 3.05) is 18.5 Å². The van der Waals surface area contributed by atoms with E-state index in [4.69, 9.17) is 26.9 Å². The SMILES string of the molecule is CC=CC(=O)Nc1cccc(C2=NOC3(C2)CC(C(N)=O)N(C(=O)COc2ccc(Cl)cc2)C3)c1. The van der Waals surface area contributed by atoms with Crippen LogP contribution in [0.3, 0.4) is 0 Å². The average molecular weight is 497 g/mol. The minimum absolute atomic E-state index is 0.147. The first-order valence-electron chi connectivity index (χ1n) is 11.0. The van der Waals surface area contributed by atoms with Gasteiger partial charge in [-0.3, -0.25) is 14.4 Å². The summed E-state index contributed by atoms with van der Waals surface area (Å²) in [6, 6.07) is 13.0. The van der Waals surface area contributed by atoms with Crippen molar-refractivity contribution in [2.24, 2.45) is 10.9 Å². The van der Waals surface area contributed by atoms with Crippen LogP contribution < -0.4 is 15.8 Å². The Kier molecular flexibility index (Phi) is 7.07. The normalized spacial score (nSPS) is 21.1. The third kappa shape index (κ3) is 5.63. The van der Waals surface area contributed by atoms with Crippen LogP contribution in [-0.4, -0.2) is 53.1 Å². The van der Waals surface area contributed by atoms with E-state index in [1.165, 1.54) is 11.0 Å². The molecule has 1 saturated heterocycles. The number of nitrogens with zero attached hydrogens (tertiary/aromatic N) is 2. The van der Waals surface area contributed by atoms with Gasteiger partial charge in [0, 0.05) is 29.1 Å². The van der Waals surface area contributed by atoms with Gasteiger partial charge in [-0.2, -0.15) is 0 Å². The molecule has 1 spiro atoms. The first-order valence-corrected chi connectivity index (χ1v) is 11.4. The van der Waals surface area contributed by atoms with Crippen LogP contribution in [-0.2, 0) is 19.2 Å². The van der Waals surface area contributed by atoms with Gasteiger partial charge in [0.15, 0.2) is 12.2 Å². The van der Waals surface area contributed by atoms with Gasteiger partial charge in [-0.1, -0.05) is 35.0 Å². The summed E-state index contributed by atoms with van der Waals surface area (Å²) in [5.41, 5.74) is 6.79. The number of anilines is 1. The standard InChI is InChI=1S/C25H25ClN4O5/c1-2-4-22(31)28-18-6-3-5-16(11-18)20-12-25(35-29-20)13-21(24(27)33)30(15-25)23(32)14-34-19-9-7-17(26)8-10-19/h2-11,21H,12-15H2,1H3,(H2,27,33)(H,28,31). The minimum atomic E-state index is -0.866. The number of carbonyl (C=O) groups excluding carboxylic acids is 3. The highest BCUT2D eigenvalue weighted by Gasteiger charge is 2.53. The maximum atomic E-state index is 12.9. The van der Waals surface area contributed by atoms with E-state index < -0.39 is 17.6 Å². The van der Waals surface area contributed by atoms with Crippen LogP contribution in [0.1, 0.15) is 25.3 Å². The summed E-state index contributed by atoms with van der Waals surface area (Å²) >= 11 is 5.87. The Morgan fingerprint density at radius 1 is 1.29 bits per heavy atom. The summed E-state index contributed by atoms with van der Waals surface area (Å²) in [6.07, 6.45) is 3.69. The minimum Gasteiger partial charge on any atom is -0.484 e. The molecule has 2 aliphatic rings. The van der Waals surface area contributed by atoms with Gasteiger partial charge in [-0.25, -0.2) is 0 Å². The van der Waals surface area contributed by atoms with Crippen LogP contribution in [0.5, 0.6) is 5.75 Å². The molecule has 2 aromatic carbocycles. The Morgan fingerprint density at radius 2 is 2.06 bits per heavy atom. The molecule has 3 amide bonds. The molecule has 4 rings (SSSR count). The fourth-order valence-corrected chi connectivity index (χ4v) is 4.33. The van der Waals surface area contributed by atoms with Crippen LogP contribution in [0.2, 0.25) is 5.02 Å². The van der Waals surface area contributed by atoms with E-state index >= 15 is 0 Å². The first-order chi connectivity index (χ1) is 16.8. The second-order valence-electron chi connectivity index (χ2n) is 8.45. The zero-order valence-corrected chi connectivity index (χ0v) is 19.8. The molecule has 0 aromatic heterocycles. The summed E-state index contributed by atoms with van der Waals surface area (Å²) in [5.74, 6) is -0.754. The van der Waals surface area contributed by atoms with Crippen molar-refractivity contribution in [3.05, 3.63) is 71.3 Å². The zero-order chi connectivity index (χ0) is 25.0. The number of amides is 3. The summed E-state index contributed by atoms with van der Waals surface area (Å²) < 4.78 is 5.56. The molecule has 9 nitrogen and oxygen atoms in total. The number of oxime groups is 1. The number of benzene rings is 2. The topological polar surface area (TPSA) is 123 Å². The molecule has 0 aliphatic carbocycles. The van der Waals surface area contributed by atoms with Crippen molar-refractivity contribution in [1.29, 1.82) is 0 Å². The predicted octanol–water partition coefficient (Wildman–Crippen LogP) is 2.88. The fourth-order valence-electron chi connectivity index (χ4n) is 4.21. The van der Waals surface area contributed by atoms with E-state index in [0.717, 1.165) is 5.56 Å². The zero-order valence-electron chi connectivity index (χ0n) is 19.1. The molecule has 0 saturated carbocycles. The molecule has 2 aromatic rings. The number of allylic oxidation sites excluding steroid dienone is 1. The molecule has 2 aliphatic heterocycles. The van der Waals surface area contributed by atoms with Gasteiger partial charge >= 0.3 is 0 Å². The Morgan fingerprint density at radius 3 is 2.77 bits per heavy atom. The average Bonchev–Trinajstić information content (AvgIpc) is 3.43. The Hall–Kier alpha value is -3.85. The molecule has 2 atom stereocenters. The van der Waals surface area contributed by atoms with Gasteiger partial charge in [0.05, 0.1) is 12.3 Å². The molecular formula is C25H25ClN4O5. The van der Waals surface area contributed by atoms with Gasteiger partial charge in [0.1, 0.15) is 11.8 Å². The lowest BCUT2D eigenvalue weighted by molar-refractivity contribution is -0.139. The molecular weight excluding hydrogens is 472 g/mol. The van der Waals surface area contributed by atoms with Gasteiger partial charge in [-0.15, -0.1) is 0 Å². The fraction of sp³-hybridized carbons (Fsp3) is 0.280. The Balaban J connectivity index is 1.43. The number of nitrogens with two attached hydrogens (primary N) is 1. The quantitative estimate of drug-likeness (QED) is 0.570. The second kappa shape index (κ2) is 10.2. The van der Waals surface area contributed by atoms with Crippen LogP contribution in [0.15, 0.2) is 65.8 Å². The molecule has 35 heavy (non-hydrogen) atoms. The molecule has 2 unspecified atom stereocenters. The van der Waals surface area contributed by atoms with Crippen LogP contribution >= 0.6 is 11.6 Å². The van der Waals surface area contributed by atoms with Crippen LogP contribution in [0, 0.1) is 0 Å². The molecule has 1 fully saturated rings. The number of nitrogens with one attached hydrogen (secondary N) is 1. The highest BCUT2D eigenvalue weighted by molar-refractivity contribution is 6.30. The van der Waals surface area contributed by atoms with Crippen molar-refractivity contribution >= 4 is 40.7 Å². The van der Waals surface area contributed by atoms with Gasteiger partial charge in [0.25, 0.3) is 5.91 Å². The van der Waals surface area contributed by atoms with E-state index in [-0.39, 0.29) is 31.4 Å². The van der Waals surface area contributed by atoms with E-state index in [9.17, 15) is 14.4 Å². The molecule has 182 valence electrons. The van der Waals surface area contributed by atoms with Crippen LogP contribution in [0.4, 0.5) is 5.69 Å². The van der Waals surface area contributed by atoms with Gasteiger partial charge in [0.2, 0.25) is 11.8 Å². The summed E-state index contributed by atoms with van der Waals surface area (Å²) in [5, 5.41) is 7.58. The lowest BCUT2D eigenvalue weighted by atomic mass is 9.91. The van der Waals surface area contributed by atoms with Crippen molar-refractivity contribution in [3.8, 4) is 5.75 Å². The Bertz CT molecular complexity index is 1200. The number of ether oxygens (including phenoxy) is 1. The van der Waals surface area contributed by atoms with E-state index in [2.05, 4.69) is 10.5 Å². The van der Waals surface area contributed by atoms with E-state index in [1.54, 1.807) is 55.5 Å². The number of hydrogen-bond acceptors (Lipinski definition) is 6. The van der Waals surface area contributed by atoms with Gasteiger partial charge in [-0.05, 0) is 49.4 Å². The highest BCUT2D eigenvalue weighted by atomic mass is 35.5. The third-order valence-corrected chi connectivity index (χ3v) is 6.10. The lowest BCUT2D eigenvalue weighted by Gasteiger charge is -2.23. The molecule has 2 heterocycles. The van der Waals surface area contributed by atoms with Crippen molar-refractivity contribution in [3.63, 3.8) is 0 Å². The lowest BCUT2D eigenvalue weighted by Crippen LogP contribution is -2.45. The van der Waals surface area contributed by atoms with E-state index in [0.29, 0.717) is 28.6 Å². The molecule has 0 bridgehead atoms. The summed E-state index contributed by atoms with van der Waals surface area (Å²) in [6.45, 7) is 1.65. The smallest absolute Gasteiger partial charge is 0.261 e. The Labute approximate surface area is 207 Å². The third-order valence-electron chi connectivity index (χ3n) is 5.85. The maximum absolute atomic E-state index is 12.9. The number of halogens is 1. The van der Waals surface area contributed by atoms with Crippen molar-refractivity contribution in [1.82, 2.24) is 4.90 Å². The molecule has 3 N–H and O–H groups in total. The highest BCUT2D eigenvalue weighted by Crippen LogP contribution is 2.39. The number of hydrogen-bond donors (Lipinski definition) is 2. The number of rotatable bonds is 7. The number of primary amides is 1. The van der Waals surface area contributed by atoms with E-state index in [1.807, 2.05) is 6.07 Å². The predicted molar refractivity (Wildman–Crippen MR) is 131 cm³/mol. The van der Waals surface area contributed by atoms with Crippen molar-refractivity contribution in [2.45, 2.75) is 31.4 Å². The maximum Gasteiger partial charge on any atom is 0.261 e. The van der Waals surface area contributed by atoms with Crippen LogP contribution in [0.25, 0.3) is 0 Å². The first kappa shape index (κ1) is 24.3. The summed E-state index contributed by atoms with van der Waals surface area (Å²) in [7, 11) is 0. The number of likely N-dealkylation sites (tertiary alicyclic amines) is 1. The molecule has 10 heteroatoms. The monoisotopic (exact) mass is 496 g/mol. The molecule has 0 radical (unpaired) electrons. The largest absolute Gasteiger partial charge is 0.484 e.